The Morgan fingerprint density at radius 3 is 0.792 bits per heavy atom. The zero-order valence-corrected chi connectivity index (χ0v) is 11.0. The number of hydrogen-bond acceptors (Lipinski definition) is 20. The first kappa shape index (κ1) is 23.2. The number of hydrogen-bond donors (Lipinski definition) is 6. The second-order valence-corrected chi connectivity index (χ2v) is 3.71. The number of rotatable bonds is 11. The van der Waals surface area contributed by atoms with Crippen LogP contribution in [0.15, 0.2) is 0 Å². The van der Waals surface area contributed by atoms with Crippen LogP contribution in [0.5, 0.6) is 0 Å². The molecule has 0 aromatic heterocycles. The Kier molecular flexibility index (Phi) is 8.75. The van der Waals surface area contributed by atoms with Crippen LogP contribution in [0.25, 0.3) is 0 Å². The van der Waals surface area contributed by atoms with E-state index in [1.54, 1.807) is 0 Å². The summed E-state index contributed by atoms with van der Waals surface area (Å²) >= 11 is 0. The fourth-order valence-electron chi connectivity index (χ4n) is 1.01. The molecule has 0 aliphatic carbocycles. The Balaban J connectivity index is 5.07. The van der Waals surface area contributed by atoms with Crippen molar-refractivity contribution in [3.05, 3.63) is 31.2 Å². The minimum absolute atomic E-state index is 1.59. The van der Waals surface area contributed by atoms with Crippen molar-refractivity contribution in [3.8, 4) is 0 Å². The molecule has 20 heteroatoms. The van der Waals surface area contributed by atoms with E-state index in [0.717, 1.165) is 0 Å². The third kappa shape index (κ3) is 4.43. The summed E-state index contributed by atoms with van der Waals surface area (Å²) in [6.07, 6.45) is 0. The summed E-state index contributed by atoms with van der Waals surface area (Å²) in [5.41, 5.74) is 0. The highest BCUT2D eigenvalue weighted by molar-refractivity contribution is 4.82. The highest BCUT2D eigenvalue weighted by atomic mass is 17.2. The molecule has 0 amide bonds. The lowest BCUT2D eigenvalue weighted by Gasteiger charge is -2.56. The Morgan fingerprint density at radius 1 is 0.500 bits per heavy atom. The molecule has 20 nitrogen and oxygen atoms in total. The molecule has 6 N–H and O–H groups in total. The van der Waals surface area contributed by atoms with Crippen LogP contribution >= 0.6 is 0 Å². The number of hydroxylamine groups is 12. The second kappa shape index (κ2) is 9.05. The molecule has 0 spiro atoms. The monoisotopic (exact) mass is 366 g/mol. The first-order chi connectivity index (χ1) is 10.9. The van der Waals surface area contributed by atoms with Gasteiger partial charge in [0.25, 0.3) is 0 Å². The van der Waals surface area contributed by atoms with Gasteiger partial charge >= 0.3 is 0 Å². The molecule has 0 aromatic carbocycles. The van der Waals surface area contributed by atoms with Crippen molar-refractivity contribution in [1.29, 1.82) is 0 Å². The van der Waals surface area contributed by atoms with Crippen molar-refractivity contribution in [1.82, 2.24) is 31.4 Å². The van der Waals surface area contributed by atoms with Gasteiger partial charge in [-0.1, -0.05) is 0 Å². The van der Waals surface area contributed by atoms with Gasteiger partial charge in [-0.25, -0.2) is 41.1 Å². The fourth-order valence-corrected chi connectivity index (χ4v) is 1.01. The van der Waals surface area contributed by atoms with Crippen molar-refractivity contribution < 1.29 is 41.0 Å². The van der Waals surface area contributed by atoms with Crippen molar-refractivity contribution >= 4 is 0 Å². The molecule has 0 atom stereocenters. The van der Waals surface area contributed by atoms with E-state index in [0.29, 0.717) is 0 Å². The minimum Gasteiger partial charge on any atom is -0.760 e. The van der Waals surface area contributed by atoms with Gasteiger partial charge in [-0.3, -0.25) is 0 Å². The van der Waals surface area contributed by atoms with Crippen LogP contribution in [-0.2, 0) is 9.78 Å². The molecule has 0 saturated carbocycles. The van der Waals surface area contributed by atoms with Crippen LogP contribution < -0.4 is 0 Å². The van der Waals surface area contributed by atoms with Gasteiger partial charge in [-0.15, -0.1) is 0 Å². The van der Waals surface area contributed by atoms with Crippen LogP contribution in [-0.4, -0.2) is 87.4 Å². The van der Waals surface area contributed by atoms with Crippen molar-refractivity contribution in [3.63, 3.8) is 0 Å². The van der Waals surface area contributed by atoms with Gasteiger partial charge in [-0.05, 0) is 0 Å². The van der Waals surface area contributed by atoms with Crippen molar-refractivity contribution in [2.24, 2.45) is 0 Å². The topological polar surface area (TPSA) is 298 Å². The minimum atomic E-state index is -3.81. The molecule has 24 heavy (non-hydrogen) atoms. The third-order valence-corrected chi connectivity index (χ3v) is 2.43. The maximum atomic E-state index is 10.7. The number of nitrogens with zero attached hydrogens (tertiary/aromatic N) is 6. The van der Waals surface area contributed by atoms with E-state index in [9.17, 15) is 31.2 Å². The van der Waals surface area contributed by atoms with Gasteiger partial charge in [0.2, 0.25) is 0 Å². The van der Waals surface area contributed by atoms with E-state index in [2.05, 4.69) is 9.78 Å². The van der Waals surface area contributed by atoms with E-state index in [1.165, 1.54) is 0 Å². The molecule has 0 rings (SSSR count). The van der Waals surface area contributed by atoms with Gasteiger partial charge in [0, 0.05) is 0 Å². The predicted octanol–water partition coefficient (Wildman–Crippen LogP) is -2.62. The van der Waals surface area contributed by atoms with Crippen LogP contribution in [0.2, 0.25) is 0 Å². The molecular weight excluding hydrogens is 356 g/mol. The zero-order chi connectivity index (χ0) is 19.3. The van der Waals surface area contributed by atoms with Crippen molar-refractivity contribution in [2.75, 3.05) is 13.2 Å². The summed E-state index contributed by atoms with van der Waals surface area (Å²) in [6.45, 7) is -3.69. The largest absolute Gasteiger partial charge is 0.760 e. The molecular formula is C4H10N6O14-6. The quantitative estimate of drug-likeness (QED) is 0.0942. The molecule has 0 fully saturated rings. The third-order valence-electron chi connectivity index (χ3n) is 2.43. The first-order valence-electron chi connectivity index (χ1n) is 5.09. The summed E-state index contributed by atoms with van der Waals surface area (Å²) < 4.78 is 0. The summed E-state index contributed by atoms with van der Waals surface area (Å²) in [5, 5.41) is 106. The van der Waals surface area contributed by atoms with E-state index in [4.69, 9.17) is 31.2 Å². The second-order valence-electron chi connectivity index (χ2n) is 3.71. The van der Waals surface area contributed by atoms with Crippen LogP contribution in [0, 0.1) is 31.2 Å². The van der Waals surface area contributed by atoms with Gasteiger partial charge in [0.15, 0.2) is 11.6 Å². The summed E-state index contributed by atoms with van der Waals surface area (Å²) in [5.74, 6) is -7.63. The SMILES string of the molecule is [O-]N(O)C(COOCC(N([O-])O)(N([O-])O)N([O-])O)(N([O-])O)N([O-])O. The molecule has 0 saturated heterocycles. The standard InChI is InChI=1S/C4H10N6O14/c11-5(12)3(6(13)14,7(15)16)1-23-24-2-4(8(17)18,9(19)20)10(21)22/h11,13,15,17,19,21H,1-2H2/q-6. The molecule has 0 unspecified atom stereocenters. The van der Waals surface area contributed by atoms with E-state index >= 15 is 0 Å². The van der Waals surface area contributed by atoms with Gasteiger partial charge in [0.1, 0.15) is 13.2 Å². The zero-order valence-electron chi connectivity index (χ0n) is 11.0. The lowest BCUT2D eigenvalue weighted by atomic mass is 10.4. The Bertz CT molecular complexity index is 286. The molecule has 0 aliphatic rings. The van der Waals surface area contributed by atoms with E-state index in [-0.39, 0.29) is 0 Å². The molecule has 0 bridgehead atoms. The molecule has 0 aliphatic heterocycles. The molecule has 0 heterocycles. The van der Waals surface area contributed by atoms with Gasteiger partial charge in [0.05, 0.1) is 0 Å². The summed E-state index contributed by atoms with van der Waals surface area (Å²) in [4.78, 5) is 7.71. The normalized spacial score (nSPS) is 14.2. The Morgan fingerprint density at radius 2 is 0.667 bits per heavy atom. The van der Waals surface area contributed by atoms with Crippen LogP contribution in [0.4, 0.5) is 0 Å². The molecule has 0 aromatic rings. The van der Waals surface area contributed by atoms with Crippen LogP contribution in [0.3, 0.4) is 0 Å². The van der Waals surface area contributed by atoms with Crippen LogP contribution in [0.1, 0.15) is 0 Å². The molecule has 0 radical (unpaired) electrons. The predicted molar refractivity (Wildman–Crippen MR) is 59.3 cm³/mol. The lowest BCUT2D eigenvalue weighted by Crippen LogP contribution is -2.67. The van der Waals surface area contributed by atoms with Gasteiger partial charge < -0.3 is 62.5 Å². The highest BCUT2D eigenvalue weighted by Gasteiger charge is 2.39. The molecule has 146 valence electrons. The van der Waals surface area contributed by atoms with Crippen molar-refractivity contribution in [2.45, 2.75) is 11.6 Å². The fraction of sp³-hybridized carbons (Fsp3) is 1.00. The maximum Gasteiger partial charge on any atom is 0.189 e. The average Bonchev–Trinajstić information content (AvgIpc) is 2.40. The van der Waals surface area contributed by atoms with Gasteiger partial charge in [-0.2, -0.15) is 0 Å². The maximum absolute atomic E-state index is 10.7. The van der Waals surface area contributed by atoms with E-state index < -0.39 is 56.1 Å². The summed E-state index contributed by atoms with van der Waals surface area (Å²) in [7, 11) is 0. The Hall–Kier alpha value is -0.800. The van der Waals surface area contributed by atoms with E-state index in [1.807, 2.05) is 0 Å². The average molecular weight is 366 g/mol. The lowest BCUT2D eigenvalue weighted by molar-refractivity contribution is -0.447. The highest BCUT2D eigenvalue weighted by Crippen LogP contribution is 2.22. The summed E-state index contributed by atoms with van der Waals surface area (Å²) in [6, 6.07) is 0. The first-order valence-corrected chi connectivity index (χ1v) is 5.09. The Labute approximate surface area is 130 Å². The smallest absolute Gasteiger partial charge is 0.189 e.